The van der Waals surface area contributed by atoms with Crippen LogP contribution in [0.5, 0.6) is 5.75 Å². The van der Waals surface area contributed by atoms with E-state index < -0.39 is 0 Å². The quantitative estimate of drug-likeness (QED) is 0.706. The molecule has 12 heavy (non-hydrogen) atoms. The topological polar surface area (TPSA) is 45.2 Å². The van der Waals surface area contributed by atoms with Crippen molar-refractivity contribution in [3.8, 4) is 5.75 Å². The van der Waals surface area contributed by atoms with Crippen LogP contribution in [0.2, 0.25) is 0 Å². The molecule has 1 heterocycles. The number of anilines is 1. The summed E-state index contributed by atoms with van der Waals surface area (Å²) in [7, 11) is 1.83. The maximum Gasteiger partial charge on any atom is 0.183 e. The summed E-state index contributed by atoms with van der Waals surface area (Å²) in [5, 5.41) is 13.0. The van der Waals surface area contributed by atoms with Crippen LogP contribution in [0, 0.1) is 0 Å². The molecule has 1 aromatic heterocycles. The summed E-state index contributed by atoms with van der Waals surface area (Å²) < 4.78 is 0.999. The minimum absolute atomic E-state index is 0.286. The first-order valence-electron chi connectivity index (χ1n) is 3.57. The molecule has 1 aromatic carbocycles. The Kier molecular flexibility index (Phi) is 1.62. The van der Waals surface area contributed by atoms with E-state index in [0.717, 1.165) is 15.3 Å². The zero-order valence-corrected chi connectivity index (χ0v) is 7.35. The Hall–Kier alpha value is -1.29. The number of hydrogen-bond acceptors (Lipinski definition) is 4. The van der Waals surface area contributed by atoms with Crippen molar-refractivity contribution >= 4 is 26.7 Å². The lowest BCUT2D eigenvalue weighted by molar-refractivity contribution is 0.476. The van der Waals surface area contributed by atoms with E-state index in [1.807, 2.05) is 13.1 Å². The molecule has 0 radical (unpaired) electrons. The van der Waals surface area contributed by atoms with Crippen molar-refractivity contribution in [2.24, 2.45) is 0 Å². The lowest BCUT2D eigenvalue weighted by Crippen LogP contribution is -1.83. The zero-order chi connectivity index (χ0) is 8.55. The van der Waals surface area contributed by atoms with Gasteiger partial charge in [0, 0.05) is 7.05 Å². The minimum atomic E-state index is 0.286. The Bertz CT molecular complexity index is 410. The highest BCUT2D eigenvalue weighted by Gasteiger charge is 2.01. The number of aromatic hydroxyl groups is 1. The largest absolute Gasteiger partial charge is 0.508 e. The molecule has 0 fully saturated rings. The first-order valence-corrected chi connectivity index (χ1v) is 4.38. The first kappa shape index (κ1) is 7.36. The number of thiazole rings is 1. The molecule has 2 rings (SSSR count). The van der Waals surface area contributed by atoms with Gasteiger partial charge in [-0.05, 0) is 18.2 Å². The van der Waals surface area contributed by atoms with Crippen LogP contribution in [0.1, 0.15) is 0 Å². The summed E-state index contributed by atoms with van der Waals surface area (Å²) in [5.41, 5.74) is 0.919. The minimum Gasteiger partial charge on any atom is -0.508 e. The standard InChI is InChI=1S/C8H8N2OS/c1-9-8-10-6-3-2-5(11)4-7(6)12-8/h2-4,11H,1H3,(H,9,10). The average molecular weight is 180 g/mol. The number of nitrogens with zero attached hydrogens (tertiary/aromatic N) is 1. The average Bonchev–Trinajstić information content (AvgIpc) is 2.46. The van der Waals surface area contributed by atoms with Gasteiger partial charge in [0.15, 0.2) is 5.13 Å². The van der Waals surface area contributed by atoms with E-state index in [1.165, 1.54) is 11.3 Å². The van der Waals surface area contributed by atoms with Gasteiger partial charge in [0.1, 0.15) is 5.75 Å². The van der Waals surface area contributed by atoms with Gasteiger partial charge in [0.05, 0.1) is 10.2 Å². The number of nitrogens with one attached hydrogen (secondary N) is 1. The van der Waals surface area contributed by atoms with E-state index in [2.05, 4.69) is 10.3 Å². The van der Waals surface area contributed by atoms with Gasteiger partial charge in [-0.15, -0.1) is 0 Å². The third kappa shape index (κ3) is 1.10. The molecule has 0 spiro atoms. The fourth-order valence-electron chi connectivity index (χ4n) is 1.02. The van der Waals surface area contributed by atoms with Gasteiger partial charge < -0.3 is 10.4 Å². The Morgan fingerprint density at radius 2 is 2.33 bits per heavy atom. The smallest absolute Gasteiger partial charge is 0.183 e. The number of phenols is 1. The monoisotopic (exact) mass is 180 g/mol. The third-order valence-corrected chi connectivity index (χ3v) is 2.62. The summed E-state index contributed by atoms with van der Waals surface area (Å²) >= 11 is 1.53. The third-order valence-electron chi connectivity index (χ3n) is 1.59. The van der Waals surface area contributed by atoms with Gasteiger partial charge >= 0.3 is 0 Å². The van der Waals surface area contributed by atoms with Gasteiger partial charge in [-0.3, -0.25) is 0 Å². The summed E-state index contributed by atoms with van der Waals surface area (Å²) in [5.74, 6) is 0.286. The molecule has 0 bridgehead atoms. The highest BCUT2D eigenvalue weighted by molar-refractivity contribution is 7.22. The van der Waals surface area contributed by atoms with Crippen LogP contribution in [0.3, 0.4) is 0 Å². The van der Waals surface area contributed by atoms with Crippen molar-refractivity contribution in [2.45, 2.75) is 0 Å². The molecule has 0 saturated carbocycles. The number of rotatable bonds is 1. The van der Waals surface area contributed by atoms with Crippen molar-refractivity contribution < 1.29 is 5.11 Å². The molecule has 4 heteroatoms. The number of benzene rings is 1. The molecule has 0 amide bonds. The Morgan fingerprint density at radius 1 is 1.50 bits per heavy atom. The van der Waals surface area contributed by atoms with Crippen LogP contribution >= 0.6 is 11.3 Å². The maximum absolute atomic E-state index is 9.17. The Balaban J connectivity index is 2.67. The number of phenolic OH excluding ortho intramolecular Hbond substituents is 1. The molecule has 62 valence electrons. The second kappa shape index (κ2) is 2.64. The lowest BCUT2D eigenvalue weighted by atomic mass is 10.3. The predicted octanol–water partition coefficient (Wildman–Crippen LogP) is 2.04. The van der Waals surface area contributed by atoms with E-state index in [0.29, 0.717) is 0 Å². The van der Waals surface area contributed by atoms with Gasteiger partial charge in [-0.1, -0.05) is 11.3 Å². The van der Waals surface area contributed by atoms with Crippen molar-refractivity contribution in [1.82, 2.24) is 4.98 Å². The molecular weight excluding hydrogens is 172 g/mol. The Morgan fingerprint density at radius 3 is 3.08 bits per heavy atom. The SMILES string of the molecule is CNc1nc2ccc(O)cc2s1. The summed E-state index contributed by atoms with van der Waals surface area (Å²) in [6.45, 7) is 0. The van der Waals surface area contributed by atoms with E-state index in [1.54, 1.807) is 12.1 Å². The maximum atomic E-state index is 9.17. The highest BCUT2D eigenvalue weighted by atomic mass is 32.1. The molecule has 0 aliphatic rings. The van der Waals surface area contributed by atoms with Gasteiger partial charge in [-0.25, -0.2) is 4.98 Å². The molecule has 2 N–H and O–H groups in total. The molecule has 3 nitrogen and oxygen atoms in total. The second-order valence-electron chi connectivity index (χ2n) is 2.42. The number of hydrogen-bond donors (Lipinski definition) is 2. The second-order valence-corrected chi connectivity index (χ2v) is 3.45. The van der Waals surface area contributed by atoms with Crippen LogP contribution in [-0.4, -0.2) is 17.1 Å². The summed E-state index contributed by atoms with van der Waals surface area (Å²) in [6.07, 6.45) is 0. The van der Waals surface area contributed by atoms with E-state index in [4.69, 9.17) is 0 Å². The lowest BCUT2D eigenvalue weighted by Gasteiger charge is -1.87. The van der Waals surface area contributed by atoms with Crippen molar-refractivity contribution in [3.63, 3.8) is 0 Å². The van der Waals surface area contributed by atoms with Crippen molar-refractivity contribution in [2.75, 3.05) is 12.4 Å². The van der Waals surface area contributed by atoms with Crippen molar-refractivity contribution in [3.05, 3.63) is 18.2 Å². The fourth-order valence-corrected chi connectivity index (χ4v) is 1.87. The van der Waals surface area contributed by atoms with Crippen LogP contribution in [0.15, 0.2) is 18.2 Å². The van der Waals surface area contributed by atoms with Crippen molar-refractivity contribution in [1.29, 1.82) is 0 Å². The molecular formula is C8H8N2OS. The predicted molar refractivity (Wildman–Crippen MR) is 50.8 cm³/mol. The first-order chi connectivity index (χ1) is 5.79. The highest BCUT2D eigenvalue weighted by Crippen LogP contribution is 2.28. The number of aromatic nitrogens is 1. The normalized spacial score (nSPS) is 10.4. The van der Waals surface area contributed by atoms with Crippen LogP contribution in [-0.2, 0) is 0 Å². The van der Waals surface area contributed by atoms with E-state index in [9.17, 15) is 5.11 Å². The van der Waals surface area contributed by atoms with E-state index in [-0.39, 0.29) is 5.75 Å². The van der Waals surface area contributed by atoms with Gasteiger partial charge in [0.25, 0.3) is 0 Å². The zero-order valence-electron chi connectivity index (χ0n) is 6.53. The number of fused-ring (bicyclic) bond motifs is 1. The van der Waals surface area contributed by atoms with Crippen LogP contribution < -0.4 is 5.32 Å². The summed E-state index contributed by atoms with van der Waals surface area (Å²) in [6, 6.07) is 5.16. The molecule has 0 aliphatic heterocycles. The van der Waals surface area contributed by atoms with Crippen LogP contribution in [0.25, 0.3) is 10.2 Å². The molecule has 0 saturated heterocycles. The molecule has 0 atom stereocenters. The van der Waals surface area contributed by atoms with Crippen LogP contribution in [0.4, 0.5) is 5.13 Å². The summed E-state index contributed by atoms with van der Waals surface area (Å²) in [4.78, 5) is 4.27. The van der Waals surface area contributed by atoms with E-state index >= 15 is 0 Å². The molecule has 2 aromatic rings. The fraction of sp³-hybridized carbons (Fsp3) is 0.125. The Labute approximate surface area is 73.7 Å². The molecule has 0 aliphatic carbocycles. The van der Waals surface area contributed by atoms with Gasteiger partial charge in [-0.2, -0.15) is 0 Å². The molecule has 0 unspecified atom stereocenters. The van der Waals surface area contributed by atoms with Gasteiger partial charge in [0.2, 0.25) is 0 Å².